The predicted molar refractivity (Wildman–Crippen MR) is 61.7 cm³/mol. The van der Waals surface area contributed by atoms with Gasteiger partial charge >= 0.3 is 83.0 Å². The van der Waals surface area contributed by atoms with Gasteiger partial charge in [-0.2, -0.15) is 0 Å². The Hall–Kier alpha value is 0.543. The van der Waals surface area contributed by atoms with Crippen LogP contribution in [0.5, 0.6) is 0 Å². The summed E-state index contributed by atoms with van der Waals surface area (Å²) in [5, 5.41) is 1.61. The van der Waals surface area contributed by atoms with E-state index in [1.165, 1.54) is 44.9 Å². The van der Waals surface area contributed by atoms with E-state index in [0.29, 0.717) is 0 Å². The molecule has 0 radical (unpaired) electrons. The molecular weight excluding hydrogens is 205 g/mol. The van der Waals surface area contributed by atoms with Crippen LogP contribution >= 0.6 is 0 Å². The minimum absolute atomic E-state index is 0.634. The van der Waals surface area contributed by atoms with Gasteiger partial charge in [0.1, 0.15) is 0 Å². The maximum absolute atomic E-state index is 2.50. The first kappa shape index (κ1) is 12.5. The molecule has 0 atom stereocenters. The van der Waals surface area contributed by atoms with Gasteiger partial charge in [0, 0.05) is 0 Å². The van der Waals surface area contributed by atoms with E-state index < -0.39 is 14.3 Å². The van der Waals surface area contributed by atoms with Crippen LogP contribution in [-0.4, -0.2) is 14.3 Å². The summed E-state index contributed by atoms with van der Waals surface area (Å²) in [7, 11) is 0. The van der Waals surface area contributed by atoms with E-state index in [2.05, 4.69) is 18.4 Å². The van der Waals surface area contributed by atoms with E-state index in [4.69, 9.17) is 0 Å². The molecular formula is C11H26Ge. The zero-order valence-corrected chi connectivity index (χ0v) is 11.7. The molecule has 0 unspecified atom stereocenters. The molecule has 74 valence electrons. The molecule has 1 heteroatoms. The monoisotopic (exact) mass is 232 g/mol. The fourth-order valence-electron chi connectivity index (χ4n) is 1.51. The van der Waals surface area contributed by atoms with Crippen molar-refractivity contribution >= 4 is 14.3 Å². The molecule has 0 aromatic carbocycles. The standard InChI is InChI=1S/C11H26Ge/c1-4-5-6-7-8-9-10-11-12(2)3/h12H,4-11H2,1-3H3. The first-order valence-electron chi connectivity index (χ1n) is 5.77. The summed E-state index contributed by atoms with van der Waals surface area (Å²) in [6, 6.07) is 0. The van der Waals surface area contributed by atoms with Crippen molar-refractivity contribution < 1.29 is 0 Å². The fourth-order valence-corrected chi connectivity index (χ4v) is 3.83. The van der Waals surface area contributed by atoms with Crippen LogP contribution in [0.2, 0.25) is 16.8 Å². The minimum atomic E-state index is -0.634. The van der Waals surface area contributed by atoms with Gasteiger partial charge < -0.3 is 0 Å². The fraction of sp³-hybridized carbons (Fsp3) is 1.00. The van der Waals surface area contributed by atoms with Crippen molar-refractivity contribution in [1.29, 1.82) is 0 Å². The maximum atomic E-state index is 2.50. The zero-order chi connectivity index (χ0) is 9.23. The van der Waals surface area contributed by atoms with E-state index in [0.717, 1.165) is 0 Å². The van der Waals surface area contributed by atoms with Crippen LogP contribution in [0.4, 0.5) is 0 Å². The molecule has 0 spiro atoms. The zero-order valence-electron chi connectivity index (χ0n) is 9.23. The Morgan fingerprint density at radius 3 is 1.75 bits per heavy atom. The topological polar surface area (TPSA) is 0 Å². The average Bonchev–Trinajstić information content (AvgIpc) is 2.02. The number of unbranched alkanes of at least 4 members (excludes halogenated alkanes) is 6. The molecule has 0 saturated carbocycles. The Bertz CT molecular complexity index is 79.1. The van der Waals surface area contributed by atoms with Crippen LogP contribution in [0, 0.1) is 0 Å². The molecule has 0 fully saturated rings. The van der Waals surface area contributed by atoms with Crippen molar-refractivity contribution in [2.45, 2.75) is 68.6 Å². The van der Waals surface area contributed by atoms with E-state index in [9.17, 15) is 0 Å². The van der Waals surface area contributed by atoms with Crippen LogP contribution in [0.25, 0.3) is 0 Å². The number of rotatable bonds is 8. The molecule has 0 aromatic heterocycles. The van der Waals surface area contributed by atoms with Gasteiger partial charge in [-0.05, 0) is 0 Å². The third-order valence-corrected chi connectivity index (χ3v) is 5.66. The molecule has 0 nitrogen and oxygen atoms in total. The molecule has 0 amide bonds. The first-order valence-corrected chi connectivity index (χ1v) is 12.3. The van der Waals surface area contributed by atoms with Crippen molar-refractivity contribution in [2.24, 2.45) is 0 Å². The quantitative estimate of drug-likeness (QED) is 0.433. The Balaban J connectivity index is 2.82. The Labute approximate surface area is 83.2 Å². The van der Waals surface area contributed by atoms with Gasteiger partial charge in [0.25, 0.3) is 0 Å². The van der Waals surface area contributed by atoms with Gasteiger partial charge in [-0.15, -0.1) is 0 Å². The summed E-state index contributed by atoms with van der Waals surface area (Å²) < 4.78 is 0. The Kier molecular flexibility index (Phi) is 10.1. The van der Waals surface area contributed by atoms with Gasteiger partial charge in [0.2, 0.25) is 0 Å². The van der Waals surface area contributed by atoms with Crippen molar-refractivity contribution in [2.75, 3.05) is 0 Å². The SMILES string of the molecule is CCCCCCCC[CH2][GeH]([CH3])[CH3]. The molecule has 0 aromatic rings. The van der Waals surface area contributed by atoms with Crippen LogP contribution in [0.3, 0.4) is 0 Å². The summed E-state index contributed by atoms with van der Waals surface area (Å²) >= 11 is -0.634. The van der Waals surface area contributed by atoms with Crippen LogP contribution in [0.15, 0.2) is 0 Å². The van der Waals surface area contributed by atoms with Gasteiger partial charge in [0.15, 0.2) is 0 Å². The second-order valence-electron chi connectivity index (χ2n) is 4.30. The molecule has 0 N–H and O–H groups in total. The molecule has 0 saturated heterocycles. The van der Waals surface area contributed by atoms with Crippen molar-refractivity contribution in [3.63, 3.8) is 0 Å². The van der Waals surface area contributed by atoms with Crippen LogP contribution in [0.1, 0.15) is 51.9 Å². The molecule has 12 heavy (non-hydrogen) atoms. The van der Waals surface area contributed by atoms with E-state index in [1.807, 2.05) is 0 Å². The second kappa shape index (κ2) is 9.63. The molecule has 0 rings (SSSR count). The average molecular weight is 231 g/mol. The summed E-state index contributed by atoms with van der Waals surface area (Å²) in [5.41, 5.74) is 0. The number of hydrogen-bond donors (Lipinski definition) is 0. The van der Waals surface area contributed by atoms with Crippen LogP contribution < -0.4 is 0 Å². The van der Waals surface area contributed by atoms with Gasteiger partial charge in [-0.25, -0.2) is 0 Å². The third-order valence-electron chi connectivity index (χ3n) is 2.39. The predicted octanol–water partition coefficient (Wildman–Crippen LogP) is 4.22. The summed E-state index contributed by atoms with van der Waals surface area (Å²) in [4.78, 5) is 0. The summed E-state index contributed by atoms with van der Waals surface area (Å²) in [5.74, 6) is 5.01. The molecule has 0 aliphatic heterocycles. The van der Waals surface area contributed by atoms with Gasteiger partial charge in [-0.3, -0.25) is 0 Å². The molecule has 0 heterocycles. The van der Waals surface area contributed by atoms with E-state index in [1.54, 1.807) is 5.25 Å². The van der Waals surface area contributed by atoms with Gasteiger partial charge in [-0.1, -0.05) is 0 Å². The van der Waals surface area contributed by atoms with Crippen molar-refractivity contribution in [3.8, 4) is 0 Å². The van der Waals surface area contributed by atoms with E-state index in [-0.39, 0.29) is 0 Å². The molecule has 0 aliphatic rings. The third kappa shape index (κ3) is 10.5. The van der Waals surface area contributed by atoms with Crippen LogP contribution in [-0.2, 0) is 0 Å². The van der Waals surface area contributed by atoms with Crippen molar-refractivity contribution in [3.05, 3.63) is 0 Å². The summed E-state index contributed by atoms with van der Waals surface area (Å²) in [6.45, 7) is 2.28. The summed E-state index contributed by atoms with van der Waals surface area (Å²) in [6.07, 6.45) is 10.3. The van der Waals surface area contributed by atoms with Crippen molar-refractivity contribution in [1.82, 2.24) is 0 Å². The molecule has 0 aliphatic carbocycles. The first-order chi connectivity index (χ1) is 5.77. The Morgan fingerprint density at radius 2 is 1.25 bits per heavy atom. The van der Waals surface area contributed by atoms with E-state index >= 15 is 0 Å². The number of hydrogen-bond acceptors (Lipinski definition) is 0. The Morgan fingerprint density at radius 1 is 0.750 bits per heavy atom. The second-order valence-corrected chi connectivity index (χ2v) is 11.4. The normalized spacial score (nSPS) is 11.0. The van der Waals surface area contributed by atoms with Gasteiger partial charge in [0.05, 0.1) is 0 Å². The molecule has 0 bridgehead atoms.